The Bertz CT molecular complexity index is 492. The average molecular weight is 280 g/mol. The van der Waals surface area contributed by atoms with Gasteiger partial charge in [-0.25, -0.2) is 4.68 Å². The second-order valence-electron chi connectivity index (χ2n) is 5.22. The lowest BCUT2D eigenvalue weighted by Gasteiger charge is -2.12. The Morgan fingerprint density at radius 1 is 1.40 bits per heavy atom. The molecule has 0 unspecified atom stereocenters. The topological polar surface area (TPSA) is 97.1 Å². The molecule has 0 atom stereocenters. The summed E-state index contributed by atoms with van der Waals surface area (Å²) < 4.78 is 1.53. The number of aromatic nitrogens is 3. The molecule has 0 saturated heterocycles. The van der Waals surface area contributed by atoms with Gasteiger partial charge in [-0.15, -0.1) is 5.10 Å². The molecule has 1 heterocycles. The summed E-state index contributed by atoms with van der Waals surface area (Å²) >= 11 is 0. The van der Waals surface area contributed by atoms with Crippen LogP contribution in [0.1, 0.15) is 43.5 Å². The minimum absolute atomic E-state index is 0.0216. The monoisotopic (exact) mass is 280 g/mol. The highest BCUT2D eigenvalue weighted by Crippen LogP contribution is 2.17. The molecule has 0 aliphatic heterocycles. The molecule has 0 radical (unpaired) electrons. The summed E-state index contributed by atoms with van der Waals surface area (Å²) in [4.78, 5) is 22.4. The standard InChI is InChI=1S/C13H20N4O3/c1-9-11(6-7-13(19)20)15-16-17(9)8-12(18)14-10-4-2-3-5-10/h10H,2-8H2,1H3,(H,14,18)(H,19,20). The van der Waals surface area contributed by atoms with Crippen LogP contribution in [0.25, 0.3) is 0 Å². The van der Waals surface area contributed by atoms with Crippen molar-refractivity contribution in [1.29, 1.82) is 0 Å². The smallest absolute Gasteiger partial charge is 0.303 e. The third-order valence-corrected chi connectivity index (χ3v) is 3.67. The van der Waals surface area contributed by atoms with Gasteiger partial charge in [0, 0.05) is 12.5 Å². The first kappa shape index (κ1) is 14.5. The summed E-state index contributed by atoms with van der Waals surface area (Å²) in [5.74, 6) is -0.924. The molecule has 1 aromatic heterocycles. The molecule has 2 rings (SSSR count). The zero-order valence-electron chi connectivity index (χ0n) is 11.6. The van der Waals surface area contributed by atoms with Gasteiger partial charge in [-0.1, -0.05) is 18.1 Å². The maximum Gasteiger partial charge on any atom is 0.303 e. The number of carboxylic acid groups (broad SMARTS) is 1. The second kappa shape index (κ2) is 6.49. The first-order chi connectivity index (χ1) is 9.56. The third-order valence-electron chi connectivity index (χ3n) is 3.67. The van der Waals surface area contributed by atoms with Crippen LogP contribution in [-0.2, 0) is 22.6 Å². The van der Waals surface area contributed by atoms with E-state index in [1.165, 1.54) is 17.5 Å². The Balaban J connectivity index is 1.88. The van der Waals surface area contributed by atoms with Gasteiger partial charge < -0.3 is 10.4 Å². The molecular weight excluding hydrogens is 260 g/mol. The zero-order chi connectivity index (χ0) is 14.5. The van der Waals surface area contributed by atoms with Gasteiger partial charge in [0.15, 0.2) is 0 Å². The van der Waals surface area contributed by atoms with E-state index in [9.17, 15) is 9.59 Å². The summed E-state index contributed by atoms with van der Waals surface area (Å²) in [6, 6.07) is 0.290. The molecule has 1 aromatic rings. The van der Waals surface area contributed by atoms with Gasteiger partial charge in [-0.3, -0.25) is 9.59 Å². The van der Waals surface area contributed by atoms with Crippen molar-refractivity contribution in [2.24, 2.45) is 0 Å². The van der Waals surface area contributed by atoms with Crippen molar-refractivity contribution in [2.45, 2.75) is 58.0 Å². The van der Waals surface area contributed by atoms with Gasteiger partial charge in [-0.05, 0) is 19.8 Å². The quantitative estimate of drug-likeness (QED) is 0.798. The zero-order valence-corrected chi connectivity index (χ0v) is 11.6. The van der Waals surface area contributed by atoms with Crippen molar-refractivity contribution in [3.63, 3.8) is 0 Å². The van der Waals surface area contributed by atoms with Crippen molar-refractivity contribution >= 4 is 11.9 Å². The van der Waals surface area contributed by atoms with Crippen LogP contribution in [0.5, 0.6) is 0 Å². The highest BCUT2D eigenvalue weighted by Gasteiger charge is 2.18. The van der Waals surface area contributed by atoms with Crippen LogP contribution in [-0.4, -0.2) is 38.0 Å². The summed E-state index contributed by atoms with van der Waals surface area (Å²) in [6.45, 7) is 1.95. The van der Waals surface area contributed by atoms with Gasteiger partial charge in [-0.2, -0.15) is 0 Å². The first-order valence-corrected chi connectivity index (χ1v) is 6.96. The van der Waals surface area contributed by atoms with Gasteiger partial charge in [0.2, 0.25) is 5.91 Å². The molecule has 2 N–H and O–H groups in total. The van der Waals surface area contributed by atoms with Crippen LogP contribution in [0.3, 0.4) is 0 Å². The largest absolute Gasteiger partial charge is 0.481 e. The van der Waals surface area contributed by atoms with Gasteiger partial charge >= 0.3 is 5.97 Å². The minimum atomic E-state index is -0.863. The molecule has 1 aliphatic carbocycles. The highest BCUT2D eigenvalue weighted by atomic mass is 16.4. The Morgan fingerprint density at radius 3 is 2.75 bits per heavy atom. The molecule has 1 saturated carbocycles. The Kier molecular flexibility index (Phi) is 4.70. The van der Waals surface area contributed by atoms with E-state index in [0.717, 1.165) is 18.5 Å². The molecular formula is C13H20N4O3. The minimum Gasteiger partial charge on any atom is -0.481 e. The van der Waals surface area contributed by atoms with E-state index in [4.69, 9.17) is 5.11 Å². The summed E-state index contributed by atoms with van der Waals surface area (Å²) in [5, 5.41) is 19.5. The van der Waals surface area contributed by atoms with Gasteiger partial charge in [0.1, 0.15) is 6.54 Å². The Morgan fingerprint density at radius 2 is 2.10 bits per heavy atom. The van der Waals surface area contributed by atoms with E-state index in [0.29, 0.717) is 12.1 Å². The lowest BCUT2D eigenvalue weighted by molar-refractivity contribution is -0.137. The van der Waals surface area contributed by atoms with E-state index in [1.54, 1.807) is 6.92 Å². The predicted octanol–water partition coefficient (Wildman–Crippen LogP) is 0.663. The number of nitrogens with one attached hydrogen (secondary N) is 1. The fraction of sp³-hybridized carbons (Fsp3) is 0.692. The molecule has 1 fully saturated rings. The van der Waals surface area contributed by atoms with Crippen LogP contribution in [0.15, 0.2) is 0 Å². The van der Waals surface area contributed by atoms with E-state index in [1.807, 2.05) is 0 Å². The number of aliphatic carboxylic acids is 1. The summed E-state index contributed by atoms with van der Waals surface area (Å²) in [7, 11) is 0. The van der Waals surface area contributed by atoms with Crippen molar-refractivity contribution in [1.82, 2.24) is 20.3 Å². The van der Waals surface area contributed by atoms with Crippen molar-refractivity contribution in [3.8, 4) is 0 Å². The lowest BCUT2D eigenvalue weighted by Crippen LogP contribution is -2.35. The maximum atomic E-state index is 11.9. The number of hydrogen-bond acceptors (Lipinski definition) is 4. The number of carbonyl (C=O) groups is 2. The third kappa shape index (κ3) is 3.79. The maximum absolute atomic E-state index is 11.9. The van der Waals surface area contributed by atoms with Crippen molar-refractivity contribution in [3.05, 3.63) is 11.4 Å². The Hall–Kier alpha value is -1.92. The van der Waals surface area contributed by atoms with Crippen LogP contribution in [0.4, 0.5) is 0 Å². The SMILES string of the molecule is Cc1c(CCC(=O)O)nnn1CC(=O)NC1CCCC1. The molecule has 1 aliphatic rings. The number of carboxylic acids is 1. The van der Waals surface area contributed by atoms with Gasteiger partial charge in [0.25, 0.3) is 0 Å². The lowest BCUT2D eigenvalue weighted by atomic mass is 10.2. The molecule has 110 valence electrons. The van der Waals surface area contributed by atoms with Crippen LogP contribution >= 0.6 is 0 Å². The normalized spacial score (nSPS) is 15.4. The number of nitrogens with zero attached hydrogens (tertiary/aromatic N) is 3. The van der Waals surface area contributed by atoms with Crippen LogP contribution in [0, 0.1) is 6.92 Å². The summed E-state index contributed by atoms with van der Waals surface area (Å²) in [5.41, 5.74) is 1.40. The Labute approximate surface area is 117 Å². The van der Waals surface area contributed by atoms with E-state index < -0.39 is 5.97 Å². The van der Waals surface area contributed by atoms with Crippen molar-refractivity contribution < 1.29 is 14.7 Å². The summed E-state index contributed by atoms with van der Waals surface area (Å²) in [6.07, 6.45) is 4.80. The number of aryl methyl sites for hydroxylation is 1. The number of carbonyl (C=O) groups excluding carboxylic acids is 1. The number of amides is 1. The van der Waals surface area contributed by atoms with Crippen LogP contribution < -0.4 is 5.32 Å². The second-order valence-corrected chi connectivity index (χ2v) is 5.22. The highest BCUT2D eigenvalue weighted by molar-refractivity contribution is 5.76. The fourth-order valence-electron chi connectivity index (χ4n) is 2.48. The molecule has 0 spiro atoms. The fourth-order valence-corrected chi connectivity index (χ4v) is 2.48. The van der Waals surface area contributed by atoms with Crippen molar-refractivity contribution in [2.75, 3.05) is 0 Å². The van der Waals surface area contributed by atoms with Gasteiger partial charge in [0.05, 0.1) is 17.8 Å². The molecule has 0 bridgehead atoms. The molecule has 20 heavy (non-hydrogen) atoms. The first-order valence-electron chi connectivity index (χ1n) is 6.96. The van der Waals surface area contributed by atoms with E-state index in [2.05, 4.69) is 15.6 Å². The average Bonchev–Trinajstić information content (AvgIpc) is 2.99. The van der Waals surface area contributed by atoms with E-state index in [-0.39, 0.29) is 24.9 Å². The van der Waals surface area contributed by atoms with Crippen LogP contribution in [0.2, 0.25) is 0 Å². The number of rotatable bonds is 6. The molecule has 1 amide bonds. The molecule has 0 aromatic carbocycles. The van der Waals surface area contributed by atoms with E-state index >= 15 is 0 Å². The molecule has 7 nitrogen and oxygen atoms in total. The number of hydrogen-bond donors (Lipinski definition) is 2. The molecule has 7 heteroatoms. The predicted molar refractivity (Wildman–Crippen MR) is 71.1 cm³/mol.